The Bertz CT molecular complexity index is 531. The fraction of sp³-hybridized carbons (Fsp3) is 0.400. The molecule has 78 valence electrons. The van der Waals surface area contributed by atoms with Crippen LogP contribution in [0.4, 0.5) is 0 Å². The van der Waals surface area contributed by atoms with Gasteiger partial charge in [-0.1, -0.05) is 13.8 Å². The number of fused-ring (bicyclic) bond motifs is 1. The second kappa shape index (κ2) is 3.87. The first-order valence-corrected chi connectivity index (χ1v) is 6.42. The molecular weight excluding hydrogens is 226 g/mol. The summed E-state index contributed by atoms with van der Waals surface area (Å²) < 4.78 is 1.93. The number of hydrogen-bond donors (Lipinski definition) is 0. The average Bonchev–Trinajstić information content (AvgIpc) is 2.66. The van der Waals surface area contributed by atoms with E-state index in [0.717, 1.165) is 15.7 Å². The highest BCUT2D eigenvalue weighted by atomic mass is 32.2. The molecule has 0 aliphatic heterocycles. The molecule has 5 heteroatoms. The Kier molecular flexibility index (Phi) is 2.72. The maximum Gasteiger partial charge on any atom is 0.196 e. The molecular formula is C10H11N3S2. The summed E-state index contributed by atoms with van der Waals surface area (Å²) in [5, 5.41) is 12.5. The van der Waals surface area contributed by atoms with Crippen LogP contribution in [0.1, 0.15) is 25.2 Å². The van der Waals surface area contributed by atoms with Gasteiger partial charge in [0, 0.05) is 16.3 Å². The van der Waals surface area contributed by atoms with Gasteiger partial charge in [0.2, 0.25) is 0 Å². The van der Waals surface area contributed by atoms with E-state index in [2.05, 4.69) is 24.9 Å². The number of rotatable bonds is 2. The van der Waals surface area contributed by atoms with Crippen LogP contribution in [0.25, 0.3) is 4.96 Å². The van der Waals surface area contributed by atoms with Gasteiger partial charge in [-0.3, -0.25) is 4.40 Å². The molecule has 0 saturated heterocycles. The lowest BCUT2D eigenvalue weighted by Gasteiger charge is -2.00. The largest absolute Gasteiger partial charge is 0.278 e. The summed E-state index contributed by atoms with van der Waals surface area (Å²) in [6.45, 7) is 6.20. The molecule has 0 aromatic carbocycles. The monoisotopic (exact) mass is 237 g/mol. The number of thiazole rings is 1. The van der Waals surface area contributed by atoms with Crippen molar-refractivity contribution in [1.82, 2.24) is 9.38 Å². The van der Waals surface area contributed by atoms with Crippen molar-refractivity contribution < 1.29 is 0 Å². The first kappa shape index (κ1) is 10.5. The zero-order valence-corrected chi connectivity index (χ0v) is 10.4. The fourth-order valence-electron chi connectivity index (χ4n) is 1.38. The van der Waals surface area contributed by atoms with Gasteiger partial charge in [-0.2, -0.15) is 5.26 Å². The lowest BCUT2D eigenvalue weighted by Crippen LogP contribution is -1.91. The zero-order valence-electron chi connectivity index (χ0n) is 8.81. The van der Waals surface area contributed by atoms with Gasteiger partial charge in [0.05, 0.1) is 0 Å². The third-order valence-corrected chi connectivity index (χ3v) is 3.88. The summed E-state index contributed by atoms with van der Waals surface area (Å²) in [4.78, 5) is 5.38. The minimum atomic E-state index is 0.446. The lowest BCUT2D eigenvalue weighted by molar-refractivity contribution is 1.06. The highest BCUT2D eigenvalue weighted by Crippen LogP contribution is 2.29. The number of imidazole rings is 1. The Labute approximate surface area is 96.7 Å². The standard InChI is InChI=1S/C10H11N3S2/c1-6(2)15-9-8(4-11)13-7(3)5-14-10(13)12-9/h5-6H,1-3H3. The summed E-state index contributed by atoms with van der Waals surface area (Å²) in [7, 11) is 0. The molecule has 0 fully saturated rings. The molecule has 0 saturated carbocycles. The van der Waals surface area contributed by atoms with Crippen molar-refractivity contribution >= 4 is 28.1 Å². The molecule has 2 heterocycles. The summed E-state index contributed by atoms with van der Waals surface area (Å²) in [6, 6.07) is 2.24. The van der Waals surface area contributed by atoms with E-state index in [4.69, 9.17) is 5.26 Å². The fourth-order valence-corrected chi connectivity index (χ4v) is 3.14. The number of thioether (sulfide) groups is 1. The molecule has 0 bridgehead atoms. The van der Waals surface area contributed by atoms with E-state index in [1.807, 2.05) is 16.7 Å². The average molecular weight is 237 g/mol. The molecule has 0 spiro atoms. The molecule has 0 aliphatic carbocycles. The molecule has 0 atom stereocenters. The summed E-state index contributed by atoms with van der Waals surface area (Å²) in [5.74, 6) is 0. The van der Waals surface area contributed by atoms with E-state index in [1.165, 1.54) is 0 Å². The van der Waals surface area contributed by atoms with Gasteiger partial charge in [-0.05, 0) is 6.92 Å². The predicted molar refractivity (Wildman–Crippen MR) is 63.5 cm³/mol. The topological polar surface area (TPSA) is 41.1 Å². The Morgan fingerprint density at radius 3 is 2.93 bits per heavy atom. The molecule has 15 heavy (non-hydrogen) atoms. The van der Waals surface area contributed by atoms with Crippen LogP contribution in [-0.4, -0.2) is 14.6 Å². The third kappa shape index (κ3) is 1.75. The Morgan fingerprint density at radius 1 is 1.60 bits per heavy atom. The first-order valence-electron chi connectivity index (χ1n) is 4.66. The third-order valence-electron chi connectivity index (χ3n) is 1.96. The van der Waals surface area contributed by atoms with E-state index < -0.39 is 0 Å². The van der Waals surface area contributed by atoms with Crippen molar-refractivity contribution in [2.24, 2.45) is 0 Å². The Balaban J connectivity index is 2.61. The SMILES string of the molecule is Cc1csc2nc(SC(C)C)c(C#N)n12. The van der Waals surface area contributed by atoms with Crippen LogP contribution in [0.2, 0.25) is 0 Å². The number of nitrogens with zero attached hydrogens (tertiary/aromatic N) is 3. The predicted octanol–water partition coefficient (Wildman–Crippen LogP) is 3.08. The number of hydrogen-bond acceptors (Lipinski definition) is 4. The van der Waals surface area contributed by atoms with E-state index in [9.17, 15) is 0 Å². The van der Waals surface area contributed by atoms with Crippen molar-refractivity contribution in [1.29, 1.82) is 5.26 Å². The molecule has 0 aliphatic rings. The molecule has 3 nitrogen and oxygen atoms in total. The van der Waals surface area contributed by atoms with Crippen LogP contribution < -0.4 is 0 Å². The minimum absolute atomic E-state index is 0.446. The second-order valence-electron chi connectivity index (χ2n) is 3.54. The van der Waals surface area contributed by atoms with Gasteiger partial charge < -0.3 is 0 Å². The van der Waals surface area contributed by atoms with Gasteiger partial charge in [0.15, 0.2) is 10.7 Å². The molecule has 0 amide bonds. The van der Waals surface area contributed by atoms with E-state index in [0.29, 0.717) is 10.9 Å². The molecule has 2 aromatic heterocycles. The smallest absolute Gasteiger partial charge is 0.196 e. The van der Waals surface area contributed by atoms with Crippen LogP contribution in [-0.2, 0) is 0 Å². The maximum absolute atomic E-state index is 9.14. The van der Waals surface area contributed by atoms with Gasteiger partial charge in [-0.15, -0.1) is 23.1 Å². The maximum atomic E-state index is 9.14. The highest BCUT2D eigenvalue weighted by Gasteiger charge is 2.15. The van der Waals surface area contributed by atoms with Crippen molar-refractivity contribution in [3.63, 3.8) is 0 Å². The van der Waals surface area contributed by atoms with Gasteiger partial charge in [-0.25, -0.2) is 4.98 Å². The zero-order chi connectivity index (χ0) is 11.0. The van der Waals surface area contributed by atoms with Crippen molar-refractivity contribution in [3.05, 3.63) is 16.8 Å². The summed E-state index contributed by atoms with van der Waals surface area (Å²) >= 11 is 3.22. The van der Waals surface area contributed by atoms with Crippen LogP contribution in [0.3, 0.4) is 0 Å². The van der Waals surface area contributed by atoms with E-state index in [-0.39, 0.29) is 0 Å². The lowest BCUT2D eigenvalue weighted by atomic mass is 10.5. The van der Waals surface area contributed by atoms with Crippen LogP contribution in [0, 0.1) is 18.3 Å². The number of aryl methyl sites for hydroxylation is 1. The van der Waals surface area contributed by atoms with Crippen LogP contribution in [0.5, 0.6) is 0 Å². The van der Waals surface area contributed by atoms with Crippen molar-refractivity contribution in [3.8, 4) is 6.07 Å². The summed E-state index contributed by atoms with van der Waals surface area (Å²) in [6.07, 6.45) is 0. The van der Waals surface area contributed by atoms with Gasteiger partial charge >= 0.3 is 0 Å². The minimum Gasteiger partial charge on any atom is -0.278 e. The van der Waals surface area contributed by atoms with Crippen LogP contribution >= 0.6 is 23.1 Å². The quantitative estimate of drug-likeness (QED) is 0.754. The first-order chi connectivity index (χ1) is 7.13. The Hall–Kier alpha value is -0.990. The molecule has 2 aromatic rings. The van der Waals surface area contributed by atoms with Crippen LogP contribution in [0.15, 0.2) is 10.4 Å². The van der Waals surface area contributed by atoms with E-state index >= 15 is 0 Å². The highest BCUT2D eigenvalue weighted by molar-refractivity contribution is 7.99. The van der Waals surface area contributed by atoms with Gasteiger partial charge in [0.25, 0.3) is 0 Å². The molecule has 0 unspecified atom stereocenters. The molecule has 2 rings (SSSR count). The molecule has 0 radical (unpaired) electrons. The van der Waals surface area contributed by atoms with Crippen molar-refractivity contribution in [2.75, 3.05) is 0 Å². The molecule has 0 N–H and O–H groups in total. The summed E-state index contributed by atoms with van der Waals surface area (Å²) in [5.41, 5.74) is 1.75. The number of nitriles is 1. The number of aromatic nitrogens is 2. The second-order valence-corrected chi connectivity index (χ2v) is 5.94. The normalized spacial score (nSPS) is 11.1. The van der Waals surface area contributed by atoms with Gasteiger partial charge in [0.1, 0.15) is 11.1 Å². The van der Waals surface area contributed by atoms with Crippen molar-refractivity contribution in [2.45, 2.75) is 31.0 Å². The van der Waals surface area contributed by atoms with E-state index in [1.54, 1.807) is 23.1 Å². The Morgan fingerprint density at radius 2 is 2.33 bits per heavy atom.